The molecule has 0 unspecified atom stereocenters. The number of benzene rings is 1. The standard InChI is InChI=1S/C18H25N3O6/c1-3-12(2)16(17(24)25)21-15(23)10-19-14(22)9-20-18(26)27-11-13-7-5-4-6-8-13/h4-8,12,16H,3,9-11H2,1-2H3,(H,19,22)(H,20,26)(H,21,23)(H,24,25)/t12-,16+/m0/s1. The summed E-state index contributed by atoms with van der Waals surface area (Å²) in [7, 11) is 0. The number of nitrogens with one attached hydrogen (secondary N) is 3. The lowest BCUT2D eigenvalue weighted by Gasteiger charge is -2.20. The highest BCUT2D eigenvalue weighted by Gasteiger charge is 2.25. The van der Waals surface area contributed by atoms with E-state index in [-0.39, 0.29) is 25.6 Å². The van der Waals surface area contributed by atoms with Crippen molar-refractivity contribution in [1.82, 2.24) is 16.0 Å². The van der Waals surface area contributed by atoms with Crippen LogP contribution in [0.1, 0.15) is 25.8 Å². The van der Waals surface area contributed by atoms with E-state index in [1.807, 2.05) is 25.1 Å². The predicted octanol–water partition coefficient (Wildman–Crippen LogP) is 0.645. The van der Waals surface area contributed by atoms with Gasteiger partial charge in [0.2, 0.25) is 11.8 Å². The van der Waals surface area contributed by atoms with Crippen LogP contribution in [0.3, 0.4) is 0 Å². The Bertz CT molecular complexity index is 650. The maximum atomic E-state index is 11.8. The first-order chi connectivity index (χ1) is 12.8. The average molecular weight is 379 g/mol. The molecule has 0 spiro atoms. The van der Waals surface area contributed by atoms with Crippen LogP contribution in [0, 0.1) is 5.92 Å². The Hall–Kier alpha value is -3.10. The highest BCUT2D eigenvalue weighted by molar-refractivity contribution is 5.89. The van der Waals surface area contributed by atoms with Gasteiger partial charge in [-0.3, -0.25) is 9.59 Å². The van der Waals surface area contributed by atoms with Gasteiger partial charge in [0, 0.05) is 0 Å². The third kappa shape index (κ3) is 8.70. The lowest BCUT2D eigenvalue weighted by atomic mass is 9.99. The van der Waals surface area contributed by atoms with Crippen molar-refractivity contribution in [2.45, 2.75) is 32.9 Å². The van der Waals surface area contributed by atoms with E-state index >= 15 is 0 Å². The van der Waals surface area contributed by atoms with Crippen molar-refractivity contribution in [3.63, 3.8) is 0 Å². The summed E-state index contributed by atoms with van der Waals surface area (Å²) in [6.07, 6.45) is -0.181. The molecular formula is C18H25N3O6. The van der Waals surface area contributed by atoms with Crippen LogP contribution in [0.15, 0.2) is 30.3 Å². The summed E-state index contributed by atoms with van der Waals surface area (Å²) < 4.78 is 4.95. The number of amides is 3. The van der Waals surface area contributed by atoms with Gasteiger partial charge in [-0.25, -0.2) is 9.59 Å². The molecule has 27 heavy (non-hydrogen) atoms. The number of hydrogen-bond acceptors (Lipinski definition) is 5. The molecule has 0 saturated heterocycles. The number of carbonyl (C=O) groups is 4. The molecule has 3 amide bonds. The molecule has 0 bridgehead atoms. The van der Waals surface area contributed by atoms with E-state index in [2.05, 4.69) is 16.0 Å². The predicted molar refractivity (Wildman–Crippen MR) is 96.7 cm³/mol. The topological polar surface area (TPSA) is 134 Å². The molecular weight excluding hydrogens is 354 g/mol. The van der Waals surface area contributed by atoms with Crippen molar-refractivity contribution in [3.8, 4) is 0 Å². The molecule has 1 aromatic carbocycles. The van der Waals surface area contributed by atoms with Crippen molar-refractivity contribution < 1.29 is 29.0 Å². The summed E-state index contributed by atoms with van der Waals surface area (Å²) in [6, 6.07) is 8.03. The van der Waals surface area contributed by atoms with Crippen LogP contribution in [0.25, 0.3) is 0 Å². The second-order valence-corrected chi connectivity index (χ2v) is 5.96. The molecule has 0 aliphatic heterocycles. The van der Waals surface area contributed by atoms with Crippen LogP contribution in [-0.4, -0.2) is 48.1 Å². The van der Waals surface area contributed by atoms with Gasteiger partial charge in [0.1, 0.15) is 19.2 Å². The third-order valence-electron chi connectivity index (χ3n) is 3.85. The van der Waals surface area contributed by atoms with E-state index < -0.39 is 29.9 Å². The molecule has 148 valence electrons. The second-order valence-electron chi connectivity index (χ2n) is 5.96. The molecule has 2 atom stereocenters. The minimum Gasteiger partial charge on any atom is -0.480 e. The largest absolute Gasteiger partial charge is 0.480 e. The van der Waals surface area contributed by atoms with E-state index in [0.717, 1.165) is 5.56 Å². The smallest absolute Gasteiger partial charge is 0.407 e. The zero-order valence-corrected chi connectivity index (χ0v) is 15.4. The van der Waals surface area contributed by atoms with Crippen molar-refractivity contribution in [3.05, 3.63) is 35.9 Å². The summed E-state index contributed by atoms with van der Waals surface area (Å²) in [5, 5.41) is 16.0. The number of carboxylic acids is 1. The van der Waals surface area contributed by atoms with E-state index in [1.54, 1.807) is 19.1 Å². The molecule has 9 heteroatoms. The minimum atomic E-state index is -1.13. The molecule has 0 aliphatic carbocycles. The maximum Gasteiger partial charge on any atom is 0.407 e. The number of carboxylic acid groups (broad SMARTS) is 1. The SMILES string of the molecule is CC[C@H](C)[C@@H](NC(=O)CNC(=O)CNC(=O)OCc1ccccc1)C(=O)O. The van der Waals surface area contributed by atoms with Crippen LogP contribution in [0.5, 0.6) is 0 Å². The van der Waals surface area contributed by atoms with Crippen LogP contribution in [0.4, 0.5) is 4.79 Å². The van der Waals surface area contributed by atoms with Crippen LogP contribution in [-0.2, 0) is 25.7 Å². The molecule has 9 nitrogen and oxygen atoms in total. The number of carbonyl (C=O) groups excluding carboxylic acids is 3. The van der Waals surface area contributed by atoms with Crippen molar-refractivity contribution in [2.75, 3.05) is 13.1 Å². The van der Waals surface area contributed by atoms with Gasteiger partial charge in [0.05, 0.1) is 6.54 Å². The van der Waals surface area contributed by atoms with Gasteiger partial charge in [-0.05, 0) is 11.5 Å². The molecule has 1 rings (SSSR count). The quantitative estimate of drug-likeness (QED) is 0.471. The van der Waals surface area contributed by atoms with Gasteiger partial charge < -0.3 is 25.8 Å². The Balaban J connectivity index is 2.26. The van der Waals surface area contributed by atoms with E-state index in [0.29, 0.717) is 6.42 Å². The van der Waals surface area contributed by atoms with E-state index in [1.165, 1.54) is 0 Å². The fraction of sp³-hybridized carbons (Fsp3) is 0.444. The summed E-state index contributed by atoms with van der Waals surface area (Å²) >= 11 is 0. The summed E-state index contributed by atoms with van der Waals surface area (Å²) in [5.41, 5.74) is 0.808. The third-order valence-corrected chi connectivity index (χ3v) is 3.85. The first-order valence-electron chi connectivity index (χ1n) is 8.56. The van der Waals surface area contributed by atoms with E-state index in [4.69, 9.17) is 9.84 Å². The van der Waals surface area contributed by atoms with Crippen LogP contribution >= 0.6 is 0 Å². The molecule has 0 aliphatic rings. The normalized spacial score (nSPS) is 12.4. The monoisotopic (exact) mass is 379 g/mol. The van der Waals surface area contributed by atoms with Gasteiger partial charge in [-0.15, -0.1) is 0 Å². The number of ether oxygens (including phenoxy) is 1. The molecule has 0 radical (unpaired) electrons. The second kappa shape index (κ2) is 11.5. The molecule has 0 saturated carbocycles. The van der Waals surface area contributed by atoms with Gasteiger partial charge in [-0.2, -0.15) is 0 Å². The Kier molecular flexibility index (Phi) is 9.35. The van der Waals surface area contributed by atoms with Crippen molar-refractivity contribution in [1.29, 1.82) is 0 Å². The average Bonchev–Trinajstić information content (AvgIpc) is 2.67. The summed E-state index contributed by atoms with van der Waals surface area (Å²) in [6.45, 7) is 2.84. The lowest BCUT2D eigenvalue weighted by Crippen LogP contribution is -2.49. The van der Waals surface area contributed by atoms with Gasteiger partial charge >= 0.3 is 12.1 Å². The first kappa shape index (κ1) is 21.9. The molecule has 1 aromatic rings. The minimum absolute atomic E-state index is 0.0723. The van der Waals surface area contributed by atoms with Crippen LogP contribution < -0.4 is 16.0 Å². The first-order valence-corrected chi connectivity index (χ1v) is 8.56. The molecule has 0 fully saturated rings. The number of aliphatic carboxylic acids is 1. The highest BCUT2D eigenvalue weighted by Crippen LogP contribution is 2.07. The Morgan fingerprint density at radius 3 is 2.26 bits per heavy atom. The fourth-order valence-corrected chi connectivity index (χ4v) is 2.08. The maximum absolute atomic E-state index is 11.8. The highest BCUT2D eigenvalue weighted by atomic mass is 16.5. The van der Waals surface area contributed by atoms with Crippen LogP contribution in [0.2, 0.25) is 0 Å². The number of hydrogen-bond donors (Lipinski definition) is 4. The van der Waals surface area contributed by atoms with E-state index in [9.17, 15) is 19.2 Å². The molecule has 0 heterocycles. The van der Waals surface area contributed by atoms with Gasteiger partial charge in [0.15, 0.2) is 0 Å². The van der Waals surface area contributed by atoms with Crippen molar-refractivity contribution in [2.24, 2.45) is 5.92 Å². The zero-order valence-electron chi connectivity index (χ0n) is 15.4. The summed E-state index contributed by atoms with van der Waals surface area (Å²) in [5.74, 6) is -2.60. The Labute approximate surface area is 157 Å². The lowest BCUT2D eigenvalue weighted by molar-refractivity contribution is -0.143. The Morgan fingerprint density at radius 1 is 1.04 bits per heavy atom. The fourth-order valence-electron chi connectivity index (χ4n) is 2.08. The Morgan fingerprint density at radius 2 is 1.67 bits per heavy atom. The number of alkyl carbamates (subject to hydrolysis) is 1. The van der Waals surface area contributed by atoms with Gasteiger partial charge in [-0.1, -0.05) is 50.6 Å². The molecule has 4 N–H and O–H groups in total. The van der Waals surface area contributed by atoms with Crippen molar-refractivity contribution >= 4 is 23.9 Å². The number of rotatable bonds is 10. The summed E-state index contributed by atoms with van der Waals surface area (Å²) in [4.78, 5) is 46.1. The zero-order chi connectivity index (χ0) is 20.2. The van der Waals surface area contributed by atoms with Gasteiger partial charge in [0.25, 0.3) is 0 Å². The molecule has 0 aromatic heterocycles.